The Balaban J connectivity index is 2.69. The lowest BCUT2D eigenvalue weighted by Crippen LogP contribution is -2.45. The van der Waals surface area contributed by atoms with Crippen molar-refractivity contribution in [3.8, 4) is 0 Å². The maximum absolute atomic E-state index is 11.3. The highest BCUT2D eigenvalue weighted by atomic mass is 32.2. The van der Waals surface area contributed by atoms with E-state index in [-0.39, 0.29) is 4.08 Å². The van der Waals surface area contributed by atoms with Crippen LogP contribution in [0.25, 0.3) is 0 Å². The maximum atomic E-state index is 11.3. The molecule has 0 radical (unpaired) electrons. The normalized spacial score (nSPS) is 42.5. The number of rotatable bonds is 2. The lowest BCUT2D eigenvalue weighted by atomic mass is 9.86. The summed E-state index contributed by atoms with van der Waals surface area (Å²) in [6, 6.07) is 0. The van der Waals surface area contributed by atoms with E-state index < -0.39 is 10.8 Å². The molecule has 0 N–H and O–H groups in total. The summed E-state index contributed by atoms with van der Waals surface area (Å²) in [6.45, 7) is 2.20. The van der Waals surface area contributed by atoms with Gasteiger partial charge in [0.15, 0.2) is 0 Å². The molecule has 1 aliphatic rings. The summed E-state index contributed by atoms with van der Waals surface area (Å²) in [5.41, 5.74) is 0. The number of hydrogen-bond donors (Lipinski definition) is 0. The van der Waals surface area contributed by atoms with Crippen LogP contribution in [0.1, 0.15) is 19.8 Å². The molecule has 10 heavy (non-hydrogen) atoms. The average Bonchev–Trinajstić information content (AvgIpc) is 1.86. The van der Waals surface area contributed by atoms with E-state index in [1.54, 1.807) is 11.8 Å². The van der Waals surface area contributed by atoms with Gasteiger partial charge in [0.05, 0.1) is 4.08 Å². The molecule has 1 aliphatic carbocycles. The van der Waals surface area contributed by atoms with Crippen molar-refractivity contribution in [3.05, 3.63) is 0 Å². The van der Waals surface area contributed by atoms with Crippen LogP contribution in [0.5, 0.6) is 0 Å². The van der Waals surface area contributed by atoms with Gasteiger partial charge in [0.2, 0.25) is 0 Å². The monoisotopic (exact) mass is 178 g/mol. The van der Waals surface area contributed by atoms with E-state index in [0.29, 0.717) is 5.92 Å². The Labute approximate surface area is 69.4 Å². The fourth-order valence-corrected chi connectivity index (χ4v) is 4.39. The van der Waals surface area contributed by atoms with Crippen LogP contribution in [0.3, 0.4) is 0 Å². The highest BCUT2D eigenvalue weighted by Gasteiger charge is 2.46. The molecule has 1 nitrogen and oxygen atoms in total. The molecule has 1 rings (SSSR count). The zero-order valence-electron chi connectivity index (χ0n) is 6.72. The van der Waals surface area contributed by atoms with Gasteiger partial charge in [0, 0.05) is 17.1 Å². The van der Waals surface area contributed by atoms with Crippen molar-refractivity contribution in [2.75, 3.05) is 12.5 Å². The van der Waals surface area contributed by atoms with Crippen molar-refractivity contribution >= 4 is 22.6 Å². The Morgan fingerprint density at radius 2 is 2.30 bits per heavy atom. The number of hydrogen-bond acceptors (Lipinski definition) is 2. The standard InChI is InChI=1S/C7H14OS2/c1-6-4-5-7(6,9-2)10(3)8/h6H,4-5H2,1-3H3. The van der Waals surface area contributed by atoms with Crippen molar-refractivity contribution in [3.63, 3.8) is 0 Å². The molecule has 0 aromatic carbocycles. The van der Waals surface area contributed by atoms with E-state index >= 15 is 0 Å². The smallest absolute Gasteiger partial charge is 0.0928 e. The Hall–Kier alpha value is 0.500. The van der Waals surface area contributed by atoms with Crippen molar-refractivity contribution in [2.45, 2.75) is 23.8 Å². The summed E-state index contributed by atoms with van der Waals surface area (Å²) in [4.78, 5) is 0. The van der Waals surface area contributed by atoms with Crippen LogP contribution in [0.15, 0.2) is 0 Å². The molecule has 3 atom stereocenters. The van der Waals surface area contributed by atoms with Gasteiger partial charge in [-0.05, 0) is 25.0 Å². The summed E-state index contributed by atoms with van der Waals surface area (Å²) in [6.07, 6.45) is 6.28. The van der Waals surface area contributed by atoms with Gasteiger partial charge in [0.25, 0.3) is 0 Å². The van der Waals surface area contributed by atoms with Gasteiger partial charge >= 0.3 is 0 Å². The molecule has 1 saturated carbocycles. The van der Waals surface area contributed by atoms with Crippen LogP contribution >= 0.6 is 11.8 Å². The van der Waals surface area contributed by atoms with Gasteiger partial charge in [0.1, 0.15) is 0 Å². The predicted octanol–water partition coefficient (Wildman–Crippen LogP) is 1.85. The van der Waals surface area contributed by atoms with Crippen molar-refractivity contribution in [1.29, 1.82) is 0 Å². The lowest BCUT2D eigenvalue weighted by Gasteiger charge is -2.44. The molecule has 0 aliphatic heterocycles. The first kappa shape index (κ1) is 8.60. The van der Waals surface area contributed by atoms with Gasteiger partial charge in [-0.3, -0.25) is 4.21 Å². The Morgan fingerprint density at radius 1 is 1.70 bits per heavy atom. The molecular formula is C7H14OS2. The predicted molar refractivity (Wildman–Crippen MR) is 48.7 cm³/mol. The Morgan fingerprint density at radius 3 is 2.30 bits per heavy atom. The fourth-order valence-electron chi connectivity index (χ4n) is 1.52. The van der Waals surface area contributed by atoms with E-state index in [1.807, 2.05) is 6.26 Å². The highest BCUT2D eigenvalue weighted by Crippen LogP contribution is 2.49. The van der Waals surface area contributed by atoms with E-state index in [2.05, 4.69) is 13.2 Å². The largest absolute Gasteiger partial charge is 0.258 e. The molecule has 0 spiro atoms. The van der Waals surface area contributed by atoms with Gasteiger partial charge in [-0.15, -0.1) is 11.8 Å². The summed E-state index contributed by atoms with van der Waals surface area (Å²) < 4.78 is 11.4. The topological polar surface area (TPSA) is 17.1 Å². The van der Waals surface area contributed by atoms with E-state index in [1.165, 1.54) is 6.42 Å². The summed E-state index contributed by atoms with van der Waals surface area (Å²) in [5.74, 6) is 0.647. The zero-order valence-corrected chi connectivity index (χ0v) is 8.35. The minimum Gasteiger partial charge on any atom is -0.258 e. The second-order valence-corrected chi connectivity index (χ2v) is 5.94. The molecule has 3 unspecified atom stereocenters. The van der Waals surface area contributed by atoms with E-state index in [4.69, 9.17) is 0 Å². The van der Waals surface area contributed by atoms with E-state index in [0.717, 1.165) is 6.42 Å². The lowest BCUT2D eigenvalue weighted by molar-refractivity contribution is 0.325. The average molecular weight is 178 g/mol. The third-order valence-electron chi connectivity index (χ3n) is 2.51. The highest BCUT2D eigenvalue weighted by molar-refractivity contribution is 8.12. The van der Waals surface area contributed by atoms with Crippen molar-refractivity contribution < 1.29 is 4.21 Å². The Bertz CT molecular complexity index is 154. The zero-order chi connectivity index (χ0) is 7.78. The molecule has 0 saturated heterocycles. The van der Waals surface area contributed by atoms with E-state index in [9.17, 15) is 4.21 Å². The molecule has 3 heteroatoms. The molecule has 60 valence electrons. The second kappa shape index (κ2) is 2.86. The second-order valence-electron chi connectivity index (χ2n) is 2.91. The Kier molecular flexibility index (Phi) is 2.46. The van der Waals surface area contributed by atoms with Crippen LogP contribution in [0, 0.1) is 5.92 Å². The quantitative estimate of drug-likeness (QED) is 0.642. The van der Waals surface area contributed by atoms with Gasteiger partial charge in [-0.25, -0.2) is 0 Å². The number of thioether (sulfide) groups is 1. The van der Waals surface area contributed by atoms with Crippen LogP contribution in [0.4, 0.5) is 0 Å². The molecule has 0 aromatic rings. The minimum absolute atomic E-state index is 0.111. The van der Waals surface area contributed by atoms with Crippen LogP contribution < -0.4 is 0 Å². The first-order valence-electron chi connectivity index (χ1n) is 3.52. The minimum atomic E-state index is -0.649. The third-order valence-corrected chi connectivity index (χ3v) is 6.59. The van der Waals surface area contributed by atoms with Crippen LogP contribution in [-0.2, 0) is 10.8 Å². The van der Waals surface area contributed by atoms with Gasteiger partial charge in [-0.1, -0.05) is 6.92 Å². The van der Waals surface area contributed by atoms with Crippen molar-refractivity contribution in [1.82, 2.24) is 0 Å². The third kappa shape index (κ3) is 1.03. The van der Waals surface area contributed by atoms with Gasteiger partial charge < -0.3 is 0 Å². The van der Waals surface area contributed by atoms with Crippen molar-refractivity contribution in [2.24, 2.45) is 5.92 Å². The first-order chi connectivity index (χ1) is 4.63. The maximum Gasteiger partial charge on any atom is 0.0928 e. The summed E-state index contributed by atoms with van der Waals surface area (Å²) in [5, 5.41) is 0. The molecular weight excluding hydrogens is 164 g/mol. The molecule has 0 bridgehead atoms. The molecule has 1 fully saturated rings. The fraction of sp³-hybridized carbons (Fsp3) is 1.00. The molecule has 0 heterocycles. The van der Waals surface area contributed by atoms with Gasteiger partial charge in [-0.2, -0.15) is 0 Å². The van der Waals surface area contributed by atoms with Crippen LogP contribution in [-0.4, -0.2) is 20.8 Å². The summed E-state index contributed by atoms with van der Waals surface area (Å²) >= 11 is 1.78. The SMILES string of the molecule is CSC1(S(C)=O)CCC1C. The van der Waals surface area contributed by atoms with Crippen LogP contribution in [0.2, 0.25) is 0 Å². The summed E-state index contributed by atoms with van der Waals surface area (Å²) in [7, 11) is -0.649. The first-order valence-corrected chi connectivity index (χ1v) is 6.30. The molecule has 0 aromatic heterocycles. The molecule has 0 amide bonds.